The predicted molar refractivity (Wildman–Crippen MR) is 87.6 cm³/mol. The number of nitrogens with two attached hydrogens (primary N) is 1. The van der Waals surface area contributed by atoms with E-state index in [0.717, 1.165) is 21.1 Å². The average molecular weight is 327 g/mol. The topological polar surface area (TPSA) is 57.4 Å². The Kier molecular flexibility index (Phi) is 5.08. The maximum absolute atomic E-state index is 6.25. The molecule has 0 spiro atoms. The van der Waals surface area contributed by atoms with E-state index < -0.39 is 0 Å². The SMILES string of the molecule is COc1cc(-c2nc(C(C)C)c(CN)s2)cc(Cl)c1OC. The zero-order valence-corrected chi connectivity index (χ0v) is 14.1. The van der Waals surface area contributed by atoms with E-state index in [1.807, 2.05) is 12.1 Å². The summed E-state index contributed by atoms with van der Waals surface area (Å²) < 4.78 is 10.6. The first kappa shape index (κ1) is 16.1. The van der Waals surface area contributed by atoms with Gasteiger partial charge in [0.1, 0.15) is 5.01 Å². The molecule has 0 aliphatic carbocycles. The number of thiazole rings is 1. The molecule has 2 rings (SSSR count). The Bertz CT molecular complexity index is 641. The highest BCUT2D eigenvalue weighted by Gasteiger charge is 2.17. The predicted octanol–water partition coefficient (Wildman–Crippen LogP) is 4.06. The molecule has 0 fully saturated rings. The highest BCUT2D eigenvalue weighted by molar-refractivity contribution is 7.15. The van der Waals surface area contributed by atoms with E-state index in [9.17, 15) is 0 Å². The first-order chi connectivity index (χ1) is 10.0. The van der Waals surface area contributed by atoms with Gasteiger partial charge in [-0.2, -0.15) is 0 Å². The number of benzene rings is 1. The van der Waals surface area contributed by atoms with Crippen LogP contribution in [0.5, 0.6) is 11.5 Å². The number of halogens is 1. The monoisotopic (exact) mass is 326 g/mol. The molecule has 0 amide bonds. The van der Waals surface area contributed by atoms with Crippen LogP contribution in [0.15, 0.2) is 12.1 Å². The van der Waals surface area contributed by atoms with E-state index in [0.29, 0.717) is 29.0 Å². The Morgan fingerprint density at radius 2 is 2.00 bits per heavy atom. The van der Waals surface area contributed by atoms with Crippen LogP contribution in [-0.2, 0) is 6.54 Å². The Morgan fingerprint density at radius 3 is 2.48 bits per heavy atom. The lowest BCUT2D eigenvalue weighted by Crippen LogP contribution is -1.99. The quantitative estimate of drug-likeness (QED) is 0.900. The maximum atomic E-state index is 6.25. The van der Waals surface area contributed by atoms with Crippen molar-refractivity contribution in [1.82, 2.24) is 4.98 Å². The molecule has 1 aromatic heterocycles. The van der Waals surface area contributed by atoms with Gasteiger partial charge in [-0.1, -0.05) is 25.4 Å². The third kappa shape index (κ3) is 3.15. The fraction of sp³-hybridized carbons (Fsp3) is 0.400. The minimum absolute atomic E-state index is 0.337. The van der Waals surface area contributed by atoms with E-state index in [1.165, 1.54) is 0 Å². The van der Waals surface area contributed by atoms with E-state index in [4.69, 9.17) is 31.8 Å². The second-order valence-corrected chi connectivity index (χ2v) is 6.37. The van der Waals surface area contributed by atoms with Gasteiger partial charge in [0.15, 0.2) is 11.5 Å². The van der Waals surface area contributed by atoms with Crippen LogP contribution >= 0.6 is 22.9 Å². The van der Waals surface area contributed by atoms with Crippen molar-refractivity contribution in [2.24, 2.45) is 5.73 Å². The maximum Gasteiger partial charge on any atom is 0.179 e. The van der Waals surface area contributed by atoms with Gasteiger partial charge < -0.3 is 15.2 Å². The van der Waals surface area contributed by atoms with Gasteiger partial charge in [-0.05, 0) is 18.1 Å². The molecule has 0 aliphatic rings. The molecule has 0 bridgehead atoms. The van der Waals surface area contributed by atoms with Crippen molar-refractivity contribution in [3.63, 3.8) is 0 Å². The van der Waals surface area contributed by atoms with Gasteiger partial charge >= 0.3 is 0 Å². The highest BCUT2D eigenvalue weighted by atomic mass is 35.5. The minimum Gasteiger partial charge on any atom is -0.493 e. The van der Waals surface area contributed by atoms with Crippen LogP contribution in [0.4, 0.5) is 0 Å². The molecule has 0 unspecified atom stereocenters. The summed E-state index contributed by atoms with van der Waals surface area (Å²) in [5, 5.41) is 1.39. The highest BCUT2D eigenvalue weighted by Crippen LogP contribution is 2.41. The summed E-state index contributed by atoms with van der Waals surface area (Å²) in [7, 11) is 3.15. The van der Waals surface area contributed by atoms with Crippen LogP contribution in [0, 0.1) is 0 Å². The van der Waals surface area contributed by atoms with Gasteiger partial charge in [0, 0.05) is 17.0 Å². The molecule has 0 atom stereocenters. The summed E-state index contributed by atoms with van der Waals surface area (Å²) in [6, 6.07) is 3.72. The van der Waals surface area contributed by atoms with Crippen molar-refractivity contribution in [3.8, 4) is 22.1 Å². The molecule has 4 nitrogen and oxygen atoms in total. The Morgan fingerprint density at radius 1 is 1.29 bits per heavy atom. The van der Waals surface area contributed by atoms with Gasteiger partial charge in [-0.25, -0.2) is 4.98 Å². The summed E-state index contributed by atoms with van der Waals surface area (Å²) in [6.07, 6.45) is 0. The Balaban J connectivity index is 2.54. The standard InChI is InChI=1S/C15H19ClN2O2S/c1-8(2)13-12(7-17)21-15(18-13)9-5-10(16)14(20-4)11(6-9)19-3/h5-6,8H,7,17H2,1-4H3. The minimum atomic E-state index is 0.337. The van der Waals surface area contributed by atoms with Gasteiger partial charge in [-0.15, -0.1) is 11.3 Å². The van der Waals surface area contributed by atoms with Crippen molar-refractivity contribution >= 4 is 22.9 Å². The fourth-order valence-corrected chi connectivity index (χ4v) is 3.50. The molecule has 2 aromatic rings. The van der Waals surface area contributed by atoms with Crippen LogP contribution in [0.2, 0.25) is 5.02 Å². The van der Waals surface area contributed by atoms with Crippen molar-refractivity contribution in [2.75, 3.05) is 14.2 Å². The van der Waals surface area contributed by atoms with E-state index in [1.54, 1.807) is 25.6 Å². The second-order valence-electron chi connectivity index (χ2n) is 4.88. The lowest BCUT2D eigenvalue weighted by Gasteiger charge is -2.10. The molecule has 2 N–H and O–H groups in total. The third-order valence-corrected chi connectivity index (χ3v) is 4.56. The lowest BCUT2D eigenvalue weighted by atomic mass is 10.1. The average Bonchev–Trinajstić information content (AvgIpc) is 2.90. The number of ether oxygens (including phenoxy) is 2. The number of hydrogen-bond acceptors (Lipinski definition) is 5. The van der Waals surface area contributed by atoms with Crippen LogP contribution in [0.3, 0.4) is 0 Å². The van der Waals surface area contributed by atoms with E-state index >= 15 is 0 Å². The van der Waals surface area contributed by atoms with Gasteiger partial charge in [-0.3, -0.25) is 0 Å². The Hall–Kier alpha value is -1.30. The van der Waals surface area contributed by atoms with Crippen LogP contribution in [0.1, 0.15) is 30.3 Å². The number of nitrogens with zero attached hydrogens (tertiary/aromatic N) is 1. The largest absolute Gasteiger partial charge is 0.493 e. The van der Waals surface area contributed by atoms with Crippen molar-refractivity contribution in [1.29, 1.82) is 0 Å². The summed E-state index contributed by atoms with van der Waals surface area (Å²) >= 11 is 7.84. The number of methoxy groups -OCH3 is 2. The zero-order valence-electron chi connectivity index (χ0n) is 12.6. The molecule has 21 heavy (non-hydrogen) atoms. The van der Waals surface area contributed by atoms with Crippen molar-refractivity contribution in [2.45, 2.75) is 26.3 Å². The van der Waals surface area contributed by atoms with Crippen LogP contribution in [0.25, 0.3) is 10.6 Å². The Labute approximate surface area is 133 Å². The van der Waals surface area contributed by atoms with Crippen LogP contribution < -0.4 is 15.2 Å². The van der Waals surface area contributed by atoms with Gasteiger partial charge in [0.25, 0.3) is 0 Å². The molecule has 6 heteroatoms. The fourth-order valence-electron chi connectivity index (χ4n) is 2.13. The zero-order chi connectivity index (χ0) is 15.6. The molecule has 0 saturated carbocycles. The number of hydrogen-bond donors (Lipinski definition) is 1. The first-order valence-electron chi connectivity index (χ1n) is 6.63. The molecule has 1 heterocycles. The summed E-state index contributed by atoms with van der Waals surface area (Å²) in [4.78, 5) is 5.81. The van der Waals surface area contributed by atoms with Gasteiger partial charge in [0.05, 0.1) is 24.9 Å². The second kappa shape index (κ2) is 6.64. The molecule has 114 valence electrons. The molecule has 0 radical (unpaired) electrons. The van der Waals surface area contributed by atoms with Crippen LogP contribution in [-0.4, -0.2) is 19.2 Å². The third-order valence-electron chi connectivity index (χ3n) is 3.14. The molecule has 0 aliphatic heterocycles. The summed E-state index contributed by atoms with van der Waals surface area (Å²) in [6.45, 7) is 4.71. The number of aromatic nitrogens is 1. The smallest absolute Gasteiger partial charge is 0.179 e. The van der Waals surface area contributed by atoms with E-state index in [-0.39, 0.29) is 0 Å². The lowest BCUT2D eigenvalue weighted by molar-refractivity contribution is 0.355. The normalized spacial score (nSPS) is 11.0. The molecular formula is C15H19ClN2O2S. The van der Waals surface area contributed by atoms with E-state index in [2.05, 4.69) is 13.8 Å². The molecule has 1 aromatic carbocycles. The summed E-state index contributed by atoms with van der Waals surface area (Å²) in [5.41, 5.74) is 7.76. The first-order valence-corrected chi connectivity index (χ1v) is 7.82. The molecule has 0 saturated heterocycles. The van der Waals surface area contributed by atoms with Gasteiger partial charge in [0.2, 0.25) is 0 Å². The van der Waals surface area contributed by atoms with Crippen molar-refractivity contribution < 1.29 is 9.47 Å². The number of rotatable bonds is 5. The summed E-state index contributed by atoms with van der Waals surface area (Å²) in [5.74, 6) is 1.46. The van der Waals surface area contributed by atoms with Crippen molar-refractivity contribution in [3.05, 3.63) is 27.7 Å². The molecular weight excluding hydrogens is 308 g/mol.